The molecule has 21 heavy (non-hydrogen) atoms. The molecular weight excluding hydrogens is 274 g/mol. The zero-order valence-electron chi connectivity index (χ0n) is 12.6. The van der Waals surface area contributed by atoms with Crippen molar-refractivity contribution < 1.29 is 19.4 Å². The maximum absolute atomic E-state index is 12.2. The molecule has 0 saturated carbocycles. The average molecular weight is 295 g/mol. The second-order valence-electron chi connectivity index (χ2n) is 6.20. The van der Waals surface area contributed by atoms with Gasteiger partial charge in [-0.05, 0) is 33.6 Å². The van der Waals surface area contributed by atoms with Crippen LogP contribution in [0.25, 0.3) is 0 Å². The number of ether oxygens (including phenoxy) is 1. The minimum Gasteiger partial charge on any atom is -0.481 e. The molecule has 1 aliphatic rings. The van der Waals surface area contributed by atoms with E-state index < -0.39 is 11.6 Å². The number of amides is 1. The van der Waals surface area contributed by atoms with Crippen LogP contribution < -0.4 is 0 Å². The summed E-state index contributed by atoms with van der Waals surface area (Å²) in [6, 6.07) is 0. The number of carbonyl (C=O) groups excluding carboxylic acids is 1. The fraction of sp³-hybridized carbons (Fsp3) is 0.643. The summed E-state index contributed by atoms with van der Waals surface area (Å²) >= 11 is 0. The van der Waals surface area contributed by atoms with Crippen molar-refractivity contribution in [3.05, 3.63) is 18.0 Å². The Morgan fingerprint density at radius 1 is 1.48 bits per heavy atom. The number of aromatic nitrogens is 2. The van der Waals surface area contributed by atoms with E-state index in [0.717, 1.165) is 12.8 Å². The van der Waals surface area contributed by atoms with Gasteiger partial charge in [0.05, 0.1) is 12.6 Å². The summed E-state index contributed by atoms with van der Waals surface area (Å²) in [5, 5.41) is 13.0. The molecule has 1 aromatic heterocycles. The van der Waals surface area contributed by atoms with Crippen molar-refractivity contribution in [3.63, 3.8) is 0 Å². The predicted molar refractivity (Wildman–Crippen MR) is 74.8 cm³/mol. The van der Waals surface area contributed by atoms with Gasteiger partial charge in [-0.2, -0.15) is 5.10 Å². The fourth-order valence-electron chi connectivity index (χ4n) is 2.36. The fourth-order valence-corrected chi connectivity index (χ4v) is 2.36. The summed E-state index contributed by atoms with van der Waals surface area (Å²) in [4.78, 5) is 24.5. The molecule has 1 aromatic rings. The van der Waals surface area contributed by atoms with Crippen LogP contribution in [0.2, 0.25) is 0 Å². The standard InChI is InChI=1S/C14H21N3O4/c1-14(2,3)21-13(20)16-6-4-5-11(16)17-9-10(8-15-17)7-12(18)19/h8-9,11H,4-7H2,1-3H3,(H,18,19). The van der Waals surface area contributed by atoms with E-state index in [9.17, 15) is 9.59 Å². The molecule has 1 amide bonds. The summed E-state index contributed by atoms with van der Waals surface area (Å²) in [7, 11) is 0. The van der Waals surface area contributed by atoms with Gasteiger partial charge in [0, 0.05) is 18.3 Å². The van der Waals surface area contributed by atoms with Crippen molar-refractivity contribution in [2.45, 2.75) is 51.8 Å². The summed E-state index contributed by atoms with van der Waals surface area (Å²) in [6.45, 7) is 6.10. The van der Waals surface area contributed by atoms with Crippen LogP contribution in [0.3, 0.4) is 0 Å². The van der Waals surface area contributed by atoms with Crippen LogP contribution in [0, 0.1) is 0 Å². The highest BCUT2D eigenvalue weighted by Gasteiger charge is 2.33. The predicted octanol–water partition coefficient (Wildman–Crippen LogP) is 2.04. The summed E-state index contributed by atoms with van der Waals surface area (Å²) in [5.41, 5.74) is 0.0848. The highest BCUT2D eigenvalue weighted by atomic mass is 16.6. The normalized spacial score (nSPS) is 18.8. The van der Waals surface area contributed by atoms with Crippen molar-refractivity contribution >= 4 is 12.1 Å². The number of nitrogens with zero attached hydrogens (tertiary/aromatic N) is 3. The van der Waals surface area contributed by atoms with Crippen LogP contribution >= 0.6 is 0 Å². The Morgan fingerprint density at radius 2 is 2.19 bits per heavy atom. The molecule has 0 bridgehead atoms. The molecule has 1 aliphatic heterocycles. The van der Waals surface area contributed by atoms with E-state index in [2.05, 4.69) is 5.10 Å². The lowest BCUT2D eigenvalue weighted by Gasteiger charge is -2.28. The van der Waals surface area contributed by atoms with Crippen molar-refractivity contribution in [1.29, 1.82) is 0 Å². The zero-order chi connectivity index (χ0) is 15.6. The SMILES string of the molecule is CC(C)(C)OC(=O)N1CCCC1n1cc(CC(=O)O)cn1. The molecule has 1 saturated heterocycles. The molecule has 0 aliphatic carbocycles. The van der Waals surface area contributed by atoms with Gasteiger partial charge in [-0.3, -0.25) is 9.69 Å². The summed E-state index contributed by atoms with van der Waals surface area (Å²) in [6.07, 6.45) is 4.23. The van der Waals surface area contributed by atoms with E-state index in [0.29, 0.717) is 12.1 Å². The monoisotopic (exact) mass is 295 g/mol. The summed E-state index contributed by atoms with van der Waals surface area (Å²) < 4.78 is 7.04. The minimum absolute atomic E-state index is 0.0703. The van der Waals surface area contributed by atoms with E-state index in [1.54, 1.807) is 15.8 Å². The van der Waals surface area contributed by atoms with E-state index in [1.165, 1.54) is 6.20 Å². The Bertz CT molecular complexity index is 533. The smallest absolute Gasteiger partial charge is 0.411 e. The van der Waals surface area contributed by atoms with E-state index >= 15 is 0 Å². The number of hydrogen-bond donors (Lipinski definition) is 1. The Hall–Kier alpha value is -2.05. The zero-order valence-corrected chi connectivity index (χ0v) is 12.6. The Kier molecular flexibility index (Phi) is 4.20. The first-order chi connectivity index (χ1) is 9.76. The lowest BCUT2D eigenvalue weighted by atomic mass is 10.2. The van der Waals surface area contributed by atoms with Gasteiger partial charge >= 0.3 is 12.1 Å². The third kappa shape index (κ3) is 3.96. The molecule has 1 N–H and O–H groups in total. The molecule has 0 spiro atoms. The van der Waals surface area contributed by atoms with Gasteiger partial charge in [0.2, 0.25) is 0 Å². The lowest BCUT2D eigenvalue weighted by Crippen LogP contribution is -2.38. The Labute approximate surface area is 123 Å². The largest absolute Gasteiger partial charge is 0.481 e. The molecule has 2 rings (SSSR count). The van der Waals surface area contributed by atoms with Gasteiger partial charge in [-0.25, -0.2) is 9.48 Å². The number of likely N-dealkylation sites (tertiary alicyclic amines) is 1. The molecule has 0 radical (unpaired) electrons. The van der Waals surface area contributed by atoms with Gasteiger partial charge in [-0.15, -0.1) is 0 Å². The Morgan fingerprint density at radius 3 is 2.81 bits per heavy atom. The molecule has 7 nitrogen and oxygen atoms in total. The van der Waals surface area contributed by atoms with Crippen molar-refractivity contribution in [2.75, 3.05) is 6.54 Å². The average Bonchev–Trinajstić information content (AvgIpc) is 2.92. The van der Waals surface area contributed by atoms with Gasteiger partial charge in [-0.1, -0.05) is 0 Å². The number of carboxylic acid groups (broad SMARTS) is 1. The van der Waals surface area contributed by atoms with Gasteiger partial charge in [0.15, 0.2) is 0 Å². The van der Waals surface area contributed by atoms with Gasteiger partial charge in [0.25, 0.3) is 0 Å². The lowest BCUT2D eigenvalue weighted by molar-refractivity contribution is -0.136. The molecule has 0 aromatic carbocycles. The molecule has 116 valence electrons. The first-order valence-corrected chi connectivity index (χ1v) is 7.01. The van der Waals surface area contributed by atoms with Crippen LogP contribution in [0.5, 0.6) is 0 Å². The van der Waals surface area contributed by atoms with E-state index in [1.807, 2.05) is 20.8 Å². The molecule has 1 atom stereocenters. The highest BCUT2D eigenvalue weighted by molar-refractivity contribution is 5.70. The first kappa shape index (κ1) is 15.3. The molecule has 1 unspecified atom stereocenters. The number of aliphatic carboxylic acids is 1. The van der Waals surface area contributed by atoms with E-state index in [4.69, 9.17) is 9.84 Å². The Balaban J connectivity index is 2.09. The van der Waals surface area contributed by atoms with Crippen molar-refractivity contribution in [3.8, 4) is 0 Å². The minimum atomic E-state index is -0.898. The maximum Gasteiger partial charge on any atom is 0.411 e. The molecular formula is C14H21N3O4. The summed E-state index contributed by atoms with van der Waals surface area (Å²) in [5.74, 6) is -0.898. The van der Waals surface area contributed by atoms with Crippen LogP contribution in [-0.2, 0) is 16.0 Å². The number of rotatable bonds is 3. The number of carboxylic acids is 1. The van der Waals surface area contributed by atoms with Gasteiger partial charge in [0.1, 0.15) is 11.8 Å². The third-order valence-corrected chi connectivity index (χ3v) is 3.16. The molecule has 7 heteroatoms. The van der Waals surface area contributed by atoms with Crippen LogP contribution in [0.1, 0.15) is 45.3 Å². The third-order valence-electron chi connectivity index (χ3n) is 3.16. The van der Waals surface area contributed by atoms with Crippen molar-refractivity contribution in [1.82, 2.24) is 14.7 Å². The van der Waals surface area contributed by atoms with Crippen LogP contribution in [-0.4, -0.2) is 44.0 Å². The highest BCUT2D eigenvalue weighted by Crippen LogP contribution is 2.28. The molecule has 2 heterocycles. The number of hydrogen-bond acceptors (Lipinski definition) is 4. The second kappa shape index (κ2) is 5.75. The topological polar surface area (TPSA) is 84.7 Å². The van der Waals surface area contributed by atoms with Gasteiger partial charge < -0.3 is 9.84 Å². The van der Waals surface area contributed by atoms with Crippen molar-refractivity contribution in [2.24, 2.45) is 0 Å². The molecule has 1 fully saturated rings. The van der Waals surface area contributed by atoms with Crippen LogP contribution in [0.15, 0.2) is 12.4 Å². The quantitative estimate of drug-likeness (QED) is 0.922. The second-order valence-corrected chi connectivity index (χ2v) is 6.20. The van der Waals surface area contributed by atoms with Crippen LogP contribution in [0.4, 0.5) is 4.79 Å². The first-order valence-electron chi connectivity index (χ1n) is 7.01. The van der Waals surface area contributed by atoms with E-state index in [-0.39, 0.29) is 18.7 Å². The maximum atomic E-state index is 12.2. The number of carbonyl (C=O) groups is 2.